The van der Waals surface area contributed by atoms with E-state index in [0.717, 1.165) is 6.20 Å². The molecule has 3 atom stereocenters. The highest BCUT2D eigenvalue weighted by Gasteiger charge is 2.38. The summed E-state index contributed by atoms with van der Waals surface area (Å²) in [6.07, 6.45) is -2.38. The van der Waals surface area contributed by atoms with E-state index < -0.39 is 24.5 Å². The number of nitrogens with zero attached hydrogens (tertiary/aromatic N) is 1. The second kappa shape index (κ2) is 5.03. The molecule has 2 heterocycles. The summed E-state index contributed by atoms with van der Waals surface area (Å²) in [5.74, 6) is -1.27. The first-order chi connectivity index (χ1) is 8.49. The summed E-state index contributed by atoms with van der Waals surface area (Å²) >= 11 is 5.62. The van der Waals surface area contributed by atoms with E-state index >= 15 is 0 Å². The van der Waals surface area contributed by atoms with Crippen LogP contribution in [0.25, 0.3) is 0 Å². The van der Waals surface area contributed by atoms with Gasteiger partial charge in [-0.1, -0.05) is 11.6 Å². The standard InChI is InChI=1S/C10H9ClF2N2O3/c11-7-1-6(4(2-14-7)10(16)17)15-8-5(12)3-18-9(8)13/h1-2,5,8-9H,3H2,(H,14,15)(H,16,17). The highest BCUT2D eigenvalue weighted by Crippen LogP contribution is 2.26. The van der Waals surface area contributed by atoms with Gasteiger partial charge in [-0.15, -0.1) is 0 Å². The molecule has 0 bridgehead atoms. The van der Waals surface area contributed by atoms with Crippen LogP contribution in [-0.2, 0) is 4.74 Å². The van der Waals surface area contributed by atoms with Crippen LogP contribution in [0.3, 0.4) is 0 Å². The van der Waals surface area contributed by atoms with Gasteiger partial charge < -0.3 is 15.2 Å². The maximum atomic E-state index is 13.3. The number of carboxylic acid groups (broad SMARTS) is 1. The molecule has 98 valence electrons. The summed E-state index contributed by atoms with van der Waals surface area (Å²) in [5.41, 5.74) is -0.214. The maximum Gasteiger partial charge on any atom is 0.339 e. The van der Waals surface area contributed by atoms with Crippen LogP contribution < -0.4 is 5.32 Å². The number of aromatic carboxylic acids is 1. The van der Waals surface area contributed by atoms with E-state index in [9.17, 15) is 13.6 Å². The van der Waals surface area contributed by atoms with E-state index in [-0.39, 0.29) is 23.0 Å². The predicted octanol–water partition coefficient (Wildman–Crippen LogP) is 1.88. The Morgan fingerprint density at radius 1 is 1.61 bits per heavy atom. The van der Waals surface area contributed by atoms with Crippen LogP contribution in [0.5, 0.6) is 0 Å². The van der Waals surface area contributed by atoms with Gasteiger partial charge in [-0.05, 0) is 6.07 Å². The van der Waals surface area contributed by atoms with E-state index in [0.29, 0.717) is 0 Å². The van der Waals surface area contributed by atoms with Crippen molar-refractivity contribution in [1.29, 1.82) is 0 Å². The van der Waals surface area contributed by atoms with Crippen LogP contribution in [0.1, 0.15) is 10.4 Å². The molecule has 3 unspecified atom stereocenters. The maximum absolute atomic E-state index is 13.3. The van der Waals surface area contributed by atoms with Crippen molar-refractivity contribution in [3.63, 3.8) is 0 Å². The van der Waals surface area contributed by atoms with Crippen molar-refractivity contribution in [2.24, 2.45) is 0 Å². The minimum Gasteiger partial charge on any atom is -0.478 e. The van der Waals surface area contributed by atoms with Gasteiger partial charge >= 0.3 is 5.97 Å². The van der Waals surface area contributed by atoms with E-state index in [1.54, 1.807) is 0 Å². The van der Waals surface area contributed by atoms with Gasteiger partial charge in [0.2, 0.25) is 6.36 Å². The molecule has 8 heteroatoms. The van der Waals surface area contributed by atoms with Gasteiger partial charge in [0.1, 0.15) is 22.9 Å². The first kappa shape index (κ1) is 13.0. The molecule has 0 spiro atoms. The molecule has 1 aromatic rings. The monoisotopic (exact) mass is 278 g/mol. The molecule has 2 N–H and O–H groups in total. The Kier molecular flexibility index (Phi) is 3.63. The second-order valence-corrected chi connectivity index (χ2v) is 4.12. The fraction of sp³-hybridized carbons (Fsp3) is 0.400. The van der Waals surface area contributed by atoms with Crippen molar-refractivity contribution >= 4 is 23.3 Å². The van der Waals surface area contributed by atoms with Crippen molar-refractivity contribution in [2.75, 3.05) is 11.9 Å². The van der Waals surface area contributed by atoms with Crippen LogP contribution >= 0.6 is 11.6 Å². The zero-order valence-electron chi connectivity index (χ0n) is 8.94. The zero-order valence-corrected chi connectivity index (χ0v) is 9.69. The topological polar surface area (TPSA) is 71.5 Å². The lowest BCUT2D eigenvalue weighted by Crippen LogP contribution is -2.34. The number of pyridine rings is 1. The molecule has 1 fully saturated rings. The van der Waals surface area contributed by atoms with Gasteiger partial charge in [0, 0.05) is 6.20 Å². The van der Waals surface area contributed by atoms with E-state index in [1.165, 1.54) is 6.07 Å². The number of halogens is 3. The van der Waals surface area contributed by atoms with Gasteiger partial charge in [0.05, 0.1) is 12.3 Å². The van der Waals surface area contributed by atoms with Crippen LogP contribution in [-0.4, -0.2) is 41.2 Å². The first-order valence-electron chi connectivity index (χ1n) is 5.04. The molecular weight excluding hydrogens is 270 g/mol. The summed E-state index contributed by atoms with van der Waals surface area (Å²) in [7, 11) is 0. The number of alkyl halides is 2. The fourth-order valence-electron chi connectivity index (χ4n) is 1.61. The van der Waals surface area contributed by atoms with Crippen molar-refractivity contribution in [3.05, 3.63) is 23.0 Å². The molecule has 2 rings (SSSR count). The number of rotatable bonds is 3. The van der Waals surface area contributed by atoms with Crippen molar-refractivity contribution in [2.45, 2.75) is 18.6 Å². The molecule has 0 saturated carbocycles. The van der Waals surface area contributed by atoms with Gasteiger partial charge in [-0.3, -0.25) is 0 Å². The van der Waals surface area contributed by atoms with Crippen molar-refractivity contribution in [3.8, 4) is 0 Å². The number of ether oxygens (including phenoxy) is 1. The third-order valence-corrected chi connectivity index (χ3v) is 2.72. The molecule has 1 aromatic heterocycles. The SMILES string of the molecule is O=C(O)c1cnc(Cl)cc1NC1C(F)COC1F. The lowest BCUT2D eigenvalue weighted by molar-refractivity contribution is 0.00372. The molecular formula is C10H9ClF2N2O3. The lowest BCUT2D eigenvalue weighted by Gasteiger charge is -2.18. The molecule has 1 saturated heterocycles. The largest absolute Gasteiger partial charge is 0.478 e. The Bertz CT molecular complexity index is 464. The molecule has 5 nitrogen and oxygen atoms in total. The molecule has 18 heavy (non-hydrogen) atoms. The van der Waals surface area contributed by atoms with Crippen LogP contribution in [0, 0.1) is 0 Å². The van der Waals surface area contributed by atoms with Crippen LogP contribution in [0.2, 0.25) is 5.15 Å². The number of nitrogens with one attached hydrogen (secondary N) is 1. The Labute approximate surface area is 106 Å². The summed E-state index contributed by atoms with van der Waals surface area (Å²) in [5, 5.41) is 11.4. The summed E-state index contributed by atoms with van der Waals surface area (Å²) in [6.45, 7) is -0.375. The highest BCUT2D eigenvalue weighted by atomic mass is 35.5. The Morgan fingerprint density at radius 3 is 2.89 bits per heavy atom. The number of aromatic nitrogens is 1. The van der Waals surface area contributed by atoms with E-state index in [4.69, 9.17) is 16.7 Å². The number of carbonyl (C=O) groups is 1. The normalized spacial score (nSPS) is 27.2. The Morgan fingerprint density at radius 2 is 2.33 bits per heavy atom. The third-order valence-electron chi connectivity index (χ3n) is 2.51. The molecule has 0 aliphatic carbocycles. The summed E-state index contributed by atoms with van der Waals surface area (Å²) in [4.78, 5) is 14.5. The van der Waals surface area contributed by atoms with Gasteiger partial charge in [0.15, 0.2) is 0 Å². The smallest absolute Gasteiger partial charge is 0.339 e. The average molecular weight is 279 g/mol. The van der Waals surface area contributed by atoms with Crippen molar-refractivity contribution in [1.82, 2.24) is 4.98 Å². The van der Waals surface area contributed by atoms with Gasteiger partial charge in [-0.25, -0.2) is 18.6 Å². The van der Waals surface area contributed by atoms with Crippen LogP contribution in [0.15, 0.2) is 12.3 Å². The number of carboxylic acids is 1. The minimum atomic E-state index is -1.84. The zero-order chi connectivity index (χ0) is 13.3. The second-order valence-electron chi connectivity index (χ2n) is 3.73. The third kappa shape index (κ3) is 2.51. The quantitative estimate of drug-likeness (QED) is 0.826. The average Bonchev–Trinajstić information content (AvgIpc) is 2.60. The summed E-state index contributed by atoms with van der Waals surface area (Å²) < 4.78 is 31.1. The number of anilines is 1. The van der Waals surface area contributed by atoms with Crippen molar-refractivity contribution < 1.29 is 23.4 Å². The number of hydrogen-bond acceptors (Lipinski definition) is 4. The first-order valence-corrected chi connectivity index (χ1v) is 5.42. The van der Waals surface area contributed by atoms with E-state index in [2.05, 4.69) is 15.0 Å². The molecule has 1 aliphatic heterocycles. The lowest BCUT2D eigenvalue weighted by atomic mass is 10.1. The molecule has 0 radical (unpaired) electrons. The molecule has 1 aliphatic rings. The molecule has 0 aromatic carbocycles. The Hall–Kier alpha value is -1.47. The number of hydrogen-bond donors (Lipinski definition) is 2. The summed E-state index contributed by atoms with van der Waals surface area (Å²) in [6, 6.07) is -0.0652. The minimum absolute atomic E-state index is 0.00306. The predicted molar refractivity (Wildman–Crippen MR) is 59.4 cm³/mol. The van der Waals surface area contributed by atoms with Gasteiger partial charge in [-0.2, -0.15) is 0 Å². The van der Waals surface area contributed by atoms with Crippen LogP contribution in [0.4, 0.5) is 14.5 Å². The van der Waals surface area contributed by atoms with E-state index in [1.807, 2.05) is 0 Å². The highest BCUT2D eigenvalue weighted by molar-refractivity contribution is 6.29. The molecule has 0 amide bonds. The fourth-order valence-corrected chi connectivity index (χ4v) is 1.77. The Balaban J connectivity index is 2.27. The van der Waals surface area contributed by atoms with Gasteiger partial charge in [0.25, 0.3) is 0 Å².